The summed E-state index contributed by atoms with van der Waals surface area (Å²) in [6.07, 6.45) is 2.68. The monoisotopic (exact) mass is 455 g/mol. The molecule has 2 N–H and O–H groups in total. The summed E-state index contributed by atoms with van der Waals surface area (Å²) >= 11 is 6.03. The Balaban J connectivity index is 1.27. The summed E-state index contributed by atoms with van der Waals surface area (Å²) in [4.78, 5) is 19.9. The van der Waals surface area contributed by atoms with Crippen LogP contribution in [0.2, 0.25) is 5.02 Å². The highest BCUT2D eigenvalue weighted by atomic mass is 35.5. The Bertz CT molecular complexity index is 1180. The zero-order valence-electron chi connectivity index (χ0n) is 18.0. The number of nitrogens with zero attached hydrogens (tertiary/aromatic N) is 2. The van der Waals surface area contributed by atoms with Crippen molar-refractivity contribution in [2.75, 3.05) is 18.0 Å². The number of nitrogens with one attached hydrogen (secondary N) is 1. The molecule has 1 aromatic heterocycles. The number of halogens is 2. The van der Waals surface area contributed by atoms with Crippen LogP contribution in [0.5, 0.6) is 0 Å². The minimum Gasteiger partial charge on any atom is -0.378 e. The largest absolute Gasteiger partial charge is 0.378 e. The number of hydrogen-bond acceptors (Lipinski definition) is 4. The van der Waals surface area contributed by atoms with E-state index in [-0.39, 0.29) is 5.56 Å². The number of anilines is 1. The molecular formula is C25H27ClFN3O2. The molecule has 32 heavy (non-hydrogen) atoms. The van der Waals surface area contributed by atoms with Crippen molar-refractivity contribution < 1.29 is 9.50 Å². The number of aromatic nitrogens is 1. The summed E-state index contributed by atoms with van der Waals surface area (Å²) in [5, 5.41) is 12.9. The van der Waals surface area contributed by atoms with Gasteiger partial charge in [-0.2, -0.15) is 0 Å². The van der Waals surface area contributed by atoms with Crippen LogP contribution in [0.3, 0.4) is 0 Å². The van der Waals surface area contributed by atoms with E-state index >= 15 is 0 Å². The second kappa shape index (κ2) is 8.50. The zero-order chi connectivity index (χ0) is 22.4. The van der Waals surface area contributed by atoms with Crippen LogP contribution in [0.15, 0.2) is 47.3 Å². The highest BCUT2D eigenvalue weighted by Crippen LogP contribution is 2.35. The van der Waals surface area contributed by atoms with Gasteiger partial charge >= 0.3 is 0 Å². The Morgan fingerprint density at radius 2 is 1.81 bits per heavy atom. The average molecular weight is 456 g/mol. The van der Waals surface area contributed by atoms with Crippen molar-refractivity contribution in [3.05, 3.63) is 74.9 Å². The number of aliphatic hydroxyl groups is 1. The van der Waals surface area contributed by atoms with E-state index in [0.717, 1.165) is 47.6 Å². The van der Waals surface area contributed by atoms with Crippen molar-refractivity contribution >= 4 is 28.1 Å². The van der Waals surface area contributed by atoms with Gasteiger partial charge in [-0.3, -0.25) is 9.69 Å². The van der Waals surface area contributed by atoms with E-state index in [1.165, 1.54) is 17.8 Å². The van der Waals surface area contributed by atoms with Gasteiger partial charge in [0, 0.05) is 41.6 Å². The third-order valence-corrected chi connectivity index (χ3v) is 7.19. The Morgan fingerprint density at radius 3 is 2.50 bits per heavy atom. The lowest BCUT2D eigenvalue weighted by molar-refractivity contribution is -0.0403. The molecule has 2 saturated heterocycles. The Hall–Kier alpha value is -2.41. The fraction of sp³-hybridized carbons (Fsp3) is 0.400. The maximum absolute atomic E-state index is 13.7. The van der Waals surface area contributed by atoms with Gasteiger partial charge in [-0.1, -0.05) is 11.6 Å². The van der Waals surface area contributed by atoms with Crippen LogP contribution in [0.25, 0.3) is 10.8 Å². The number of aryl methyl sites for hydroxylation is 2. The molecule has 0 amide bonds. The lowest BCUT2D eigenvalue weighted by Crippen LogP contribution is -2.57. The average Bonchev–Trinajstić information content (AvgIpc) is 3.03. The molecule has 3 atom stereocenters. The third-order valence-electron chi connectivity index (χ3n) is 6.94. The van der Waals surface area contributed by atoms with Crippen LogP contribution in [-0.4, -0.2) is 46.4 Å². The molecular weight excluding hydrogens is 429 g/mol. The van der Waals surface area contributed by atoms with Gasteiger partial charge in [0.25, 0.3) is 5.56 Å². The molecule has 2 fully saturated rings. The first-order chi connectivity index (χ1) is 15.4. The minimum atomic E-state index is -0.562. The van der Waals surface area contributed by atoms with Gasteiger partial charge in [-0.25, -0.2) is 4.39 Å². The van der Waals surface area contributed by atoms with Gasteiger partial charge in [-0.05, 0) is 86.0 Å². The van der Waals surface area contributed by atoms with Crippen molar-refractivity contribution in [3.8, 4) is 0 Å². The molecule has 2 aromatic carbocycles. The summed E-state index contributed by atoms with van der Waals surface area (Å²) < 4.78 is 13.7. The molecule has 3 unspecified atom stereocenters. The first-order valence-electron chi connectivity index (χ1n) is 11.2. The lowest BCUT2D eigenvalue weighted by atomic mass is 10.0. The SMILES string of the molecule is Cc1cc(F)cc2c(=O)[nH]c(CCC(O)N3C4CCC3CN(c3ccc(Cl)cc3)C4)cc12. The van der Waals surface area contributed by atoms with Gasteiger partial charge in [0.05, 0.1) is 5.39 Å². The van der Waals surface area contributed by atoms with Gasteiger partial charge in [0.1, 0.15) is 12.0 Å². The number of hydrogen-bond donors (Lipinski definition) is 2. The number of aliphatic hydroxyl groups excluding tert-OH is 1. The van der Waals surface area contributed by atoms with Crippen molar-refractivity contribution in [2.45, 2.75) is 50.9 Å². The number of pyridine rings is 1. The molecule has 0 saturated carbocycles. The van der Waals surface area contributed by atoms with Crippen LogP contribution in [0, 0.1) is 12.7 Å². The van der Waals surface area contributed by atoms with Gasteiger partial charge in [-0.15, -0.1) is 0 Å². The van der Waals surface area contributed by atoms with E-state index in [4.69, 9.17) is 11.6 Å². The second-order valence-corrected chi connectivity index (χ2v) is 9.48. The molecule has 5 nitrogen and oxygen atoms in total. The first kappa shape index (κ1) is 21.4. The molecule has 168 valence electrons. The number of benzene rings is 2. The predicted octanol–water partition coefficient (Wildman–Crippen LogP) is 4.23. The standard InChI is InChI=1S/C25H27ClFN3O2/c1-15-10-17(27)11-23-22(15)12-18(28-25(23)32)4-9-24(31)30-20-7-8-21(30)14-29(13-20)19-5-2-16(26)3-6-19/h2-3,5-6,10-12,20-21,24,31H,4,7-9,13-14H2,1H3,(H,28,32). The topological polar surface area (TPSA) is 59.6 Å². The van der Waals surface area contributed by atoms with Gasteiger partial charge in [0.2, 0.25) is 0 Å². The molecule has 2 bridgehead atoms. The molecule has 5 rings (SSSR count). The van der Waals surface area contributed by atoms with Crippen molar-refractivity contribution in [1.82, 2.24) is 9.88 Å². The highest BCUT2D eigenvalue weighted by molar-refractivity contribution is 6.30. The fourth-order valence-corrected chi connectivity index (χ4v) is 5.54. The number of piperazine rings is 1. The van der Waals surface area contributed by atoms with Gasteiger partial charge < -0.3 is 15.0 Å². The normalized spacial score (nSPS) is 21.9. The fourth-order valence-electron chi connectivity index (χ4n) is 5.41. The third kappa shape index (κ3) is 4.03. The summed E-state index contributed by atoms with van der Waals surface area (Å²) in [7, 11) is 0. The van der Waals surface area contributed by atoms with Gasteiger partial charge in [0.15, 0.2) is 0 Å². The summed E-state index contributed by atoms with van der Waals surface area (Å²) in [6.45, 7) is 3.57. The Morgan fingerprint density at radius 1 is 1.12 bits per heavy atom. The van der Waals surface area contributed by atoms with Crippen LogP contribution in [-0.2, 0) is 6.42 Å². The maximum atomic E-state index is 13.7. The number of rotatable bonds is 5. The number of H-pyrrole nitrogens is 1. The van der Waals surface area contributed by atoms with E-state index < -0.39 is 12.0 Å². The second-order valence-electron chi connectivity index (χ2n) is 9.04. The number of fused-ring (bicyclic) bond motifs is 3. The highest BCUT2D eigenvalue weighted by Gasteiger charge is 2.42. The van der Waals surface area contributed by atoms with E-state index in [2.05, 4.69) is 26.9 Å². The van der Waals surface area contributed by atoms with Crippen molar-refractivity contribution in [2.24, 2.45) is 0 Å². The van der Waals surface area contributed by atoms with Crippen molar-refractivity contribution in [1.29, 1.82) is 0 Å². The predicted molar refractivity (Wildman–Crippen MR) is 126 cm³/mol. The molecule has 0 radical (unpaired) electrons. The van der Waals surface area contributed by atoms with E-state index in [1.54, 1.807) is 6.92 Å². The summed E-state index contributed by atoms with van der Waals surface area (Å²) in [5.74, 6) is -0.406. The quantitative estimate of drug-likeness (QED) is 0.604. The van der Waals surface area contributed by atoms with Crippen LogP contribution >= 0.6 is 11.6 Å². The molecule has 7 heteroatoms. The van der Waals surface area contributed by atoms with Crippen molar-refractivity contribution in [3.63, 3.8) is 0 Å². The summed E-state index contributed by atoms with van der Waals surface area (Å²) in [5.41, 5.74) is 2.39. The smallest absolute Gasteiger partial charge is 0.256 e. The van der Waals surface area contributed by atoms with Crippen LogP contribution in [0.1, 0.15) is 30.5 Å². The minimum absolute atomic E-state index is 0.286. The molecule has 2 aliphatic heterocycles. The zero-order valence-corrected chi connectivity index (χ0v) is 18.8. The molecule has 3 heterocycles. The van der Waals surface area contributed by atoms with E-state index in [0.29, 0.717) is 30.3 Å². The maximum Gasteiger partial charge on any atom is 0.256 e. The molecule has 0 spiro atoms. The Labute approximate surface area is 191 Å². The van der Waals surface area contributed by atoms with E-state index in [9.17, 15) is 14.3 Å². The van der Waals surface area contributed by atoms with Crippen LogP contribution < -0.4 is 10.5 Å². The first-order valence-corrected chi connectivity index (χ1v) is 11.5. The van der Waals surface area contributed by atoms with E-state index in [1.807, 2.05) is 18.2 Å². The molecule has 2 aliphatic rings. The van der Waals surface area contributed by atoms with Crippen LogP contribution in [0.4, 0.5) is 10.1 Å². The Kier molecular flexibility index (Phi) is 5.70. The lowest BCUT2D eigenvalue weighted by Gasteiger charge is -2.44. The summed E-state index contributed by atoms with van der Waals surface area (Å²) in [6, 6.07) is 13.2. The molecule has 0 aliphatic carbocycles. The molecule has 3 aromatic rings. The number of aromatic amines is 1.